The normalized spacial score (nSPS) is 10.3. The maximum Gasteiger partial charge on any atom is 0.151 e. The number of anilines is 1. The van der Waals surface area contributed by atoms with Crippen LogP contribution in [-0.2, 0) is 5.88 Å². The lowest BCUT2D eigenvalue weighted by atomic mass is 10.3. The lowest BCUT2D eigenvalue weighted by Gasteiger charge is -2.20. The molecular weight excluding hydrogens is 210 g/mol. The molecule has 1 rings (SSSR count). The first-order valence-electron chi connectivity index (χ1n) is 5.45. The number of nitrogens with zero attached hydrogens (tertiary/aromatic N) is 3. The van der Waals surface area contributed by atoms with Crippen molar-refractivity contribution in [2.45, 2.75) is 32.6 Å². The molecule has 0 aromatic carbocycles. The Morgan fingerprint density at radius 2 is 2.07 bits per heavy atom. The highest BCUT2D eigenvalue weighted by Gasteiger charge is 2.05. The van der Waals surface area contributed by atoms with Crippen LogP contribution in [0.15, 0.2) is 12.1 Å². The van der Waals surface area contributed by atoms with Crippen LogP contribution < -0.4 is 4.90 Å². The van der Waals surface area contributed by atoms with E-state index in [1.807, 2.05) is 12.1 Å². The summed E-state index contributed by atoms with van der Waals surface area (Å²) in [5, 5.41) is 8.22. The second-order valence-electron chi connectivity index (χ2n) is 3.45. The van der Waals surface area contributed by atoms with Crippen LogP contribution in [0.3, 0.4) is 0 Å². The minimum Gasteiger partial charge on any atom is -0.355 e. The molecule has 15 heavy (non-hydrogen) atoms. The molecule has 3 nitrogen and oxygen atoms in total. The van der Waals surface area contributed by atoms with Gasteiger partial charge >= 0.3 is 0 Å². The fourth-order valence-electron chi connectivity index (χ4n) is 1.38. The maximum absolute atomic E-state index is 5.66. The summed E-state index contributed by atoms with van der Waals surface area (Å²) in [6.07, 6.45) is 2.39. The summed E-state index contributed by atoms with van der Waals surface area (Å²) in [5.74, 6) is 1.37. The second-order valence-corrected chi connectivity index (χ2v) is 3.72. The largest absolute Gasteiger partial charge is 0.355 e. The number of hydrogen-bond donors (Lipinski definition) is 0. The van der Waals surface area contributed by atoms with Gasteiger partial charge in [-0.3, -0.25) is 0 Å². The Morgan fingerprint density at radius 1 is 1.27 bits per heavy atom. The van der Waals surface area contributed by atoms with Crippen LogP contribution in [0, 0.1) is 0 Å². The summed E-state index contributed by atoms with van der Waals surface area (Å²) in [4.78, 5) is 2.23. The van der Waals surface area contributed by atoms with Crippen LogP contribution in [0.2, 0.25) is 0 Å². The van der Waals surface area contributed by atoms with Crippen molar-refractivity contribution in [3.63, 3.8) is 0 Å². The molecule has 1 aromatic rings. The summed E-state index contributed by atoms with van der Waals surface area (Å²) in [6.45, 7) is 6.33. The van der Waals surface area contributed by atoms with E-state index in [0.717, 1.165) is 24.6 Å². The van der Waals surface area contributed by atoms with E-state index in [0.29, 0.717) is 5.88 Å². The molecule has 0 aliphatic heterocycles. The van der Waals surface area contributed by atoms with Crippen LogP contribution in [0.5, 0.6) is 0 Å². The van der Waals surface area contributed by atoms with E-state index >= 15 is 0 Å². The van der Waals surface area contributed by atoms with Gasteiger partial charge in [0.2, 0.25) is 0 Å². The number of halogens is 1. The molecule has 0 saturated carbocycles. The zero-order valence-electron chi connectivity index (χ0n) is 9.41. The third kappa shape index (κ3) is 3.67. The van der Waals surface area contributed by atoms with E-state index in [9.17, 15) is 0 Å². The predicted octanol–water partition coefficient (Wildman–Crippen LogP) is 2.84. The van der Waals surface area contributed by atoms with Gasteiger partial charge in [0.05, 0.1) is 11.6 Å². The summed E-state index contributed by atoms with van der Waals surface area (Å²) < 4.78 is 0. The van der Waals surface area contributed by atoms with Crippen LogP contribution in [0.1, 0.15) is 32.4 Å². The van der Waals surface area contributed by atoms with Crippen molar-refractivity contribution >= 4 is 17.4 Å². The zero-order valence-corrected chi connectivity index (χ0v) is 10.2. The van der Waals surface area contributed by atoms with Crippen LogP contribution >= 0.6 is 11.6 Å². The highest BCUT2D eigenvalue weighted by molar-refractivity contribution is 6.16. The van der Waals surface area contributed by atoms with Crippen molar-refractivity contribution in [1.29, 1.82) is 0 Å². The zero-order chi connectivity index (χ0) is 11.1. The molecule has 0 N–H and O–H groups in total. The third-order valence-corrected chi connectivity index (χ3v) is 2.60. The standard InChI is InChI=1S/C11H18ClN3/c1-3-5-8-15(4-2)11-7-6-10(9-12)13-14-11/h6-7H,3-5,8-9H2,1-2H3. The Bertz CT molecular complexity index is 274. The van der Waals surface area contributed by atoms with E-state index in [1.54, 1.807) is 0 Å². The Morgan fingerprint density at radius 3 is 2.53 bits per heavy atom. The Kier molecular flexibility index (Phi) is 5.40. The maximum atomic E-state index is 5.66. The minimum absolute atomic E-state index is 0.425. The topological polar surface area (TPSA) is 29.0 Å². The minimum atomic E-state index is 0.425. The first kappa shape index (κ1) is 12.2. The SMILES string of the molecule is CCCCN(CC)c1ccc(CCl)nn1. The van der Waals surface area contributed by atoms with Gasteiger partial charge in [-0.1, -0.05) is 13.3 Å². The molecule has 0 atom stereocenters. The van der Waals surface area contributed by atoms with Crippen molar-refractivity contribution in [3.8, 4) is 0 Å². The van der Waals surface area contributed by atoms with Crippen LogP contribution in [-0.4, -0.2) is 23.3 Å². The highest BCUT2D eigenvalue weighted by Crippen LogP contribution is 2.11. The molecule has 4 heteroatoms. The molecule has 0 amide bonds. The Balaban J connectivity index is 2.65. The first-order chi connectivity index (χ1) is 7.31. The van der Waals surface area contributed by atoms with E-state index in [4.69, 9.17) is 11.6 Å². The van der Waals surface area contributed by atoms with Gasteiger partial charge in [0.15, 0.2) is 5.82 Å². The molecule has 84 valence electrons. The summed E-state index contributed by atoms with van der Waals surface area (Å²) in [5.41, 5.74) is 0.826. The molecule has 0 unspecified atom stereocenters. The van der Waals surface area contributed by atoms with E-state index in [-0.39, 0.29) is 0 Å². The third-order valence-electron chi connectivity index (χ3n) is 2.33. The van der Waals surface area contributed by atoms with Gasteiger partial charge < -0.3 is 4.90 Å². The molecule has 0 radical (unpaired) electrons. The van der Waals surface area contributed by atoms with Gasteiger partial charge in [-0.2, -0.15) is 5.10 Å². The number of unbranched alkanes of at least 4 members (excludes halogenated alkanes) is 1. The average molecular weight is 228 g/mol. The second kappa shape index (κ2) is 6.62. The molecule has 0 spiro atoms. The smallest absolute Gasteiger partial charge is 0.151 e. The van der Waals surface area contributed by atoms with Gasteiger partial charge in [-0.05, 0) is 25.5 Å². The molecule has 0 aliphatic rings. The lowest BCUT2D eigenvalue weighted by Crippen LogP contribution is -2.25. The summed E-state index contributed by atoms with van der Waals surface area (Å²) >= 11 is 5.66. The fraction of sp³-hybridized carbons (Fsp3) is 0.636. The van der Waals surface area contributed by atoms with Crippen molar-refractivity contribution in [2.75, 3.05) is 18.0 Å². The molecule has 1 aromatic heterocycles. The van der Waals surface area contributed by atoms with Crippen molar-refractivity contribution in [1.82, 2.24) is 10.2 Å². The quantitative estimate of drug-likeness (QED) is 0.700. The van der Waals surface area contributed by atoms with Crippen LogP contribution in [0.25, 0.3) is 0 Å². The molecule has 0 bridgehead atoms. The summed E-state index contributed by atoms with van der Waals surface area (Å²) in [7, 11) is 0. The van der Waals surface area contributed by atoms with Gasteiger partial charge in [-0.15, -0.1) is 16.7 Å². The average Bonchev–Trinajstić information content (AvgIpc) is 2.31. The number of rotatable bonds is 6. The number of alkyl halides is 1. The van der Waals surface area contributed by atoms with Gasteiger partial charge in [-0.25, -0.2) is 0 Å². The first-order valence-corrected chi connectivity index (χ1v) is 5.98. The number of aromatic nitrogens is 2. The highest BCUT2D eigenvalue weighted by atomic mass is 35.5. The fourth-order valence-corrected chi connectivity index (χ4v) is 1.52. The monoisotopic (exact) mass is 227 g/mol. The van der Waals surface area contributed by atoms with Crippen molar-refractivity contribution in [3.05, 3.63) is 17.8 Å². The van der Waals surface area contributed by atoms with Gasteiger partial charge in [0.1, 0.15) is 0 Å². The van der Waals surface area contributed by atoms with E-state index in [1.165, 1.54) is 12.8 Å². The van der Waals surface area contributed by atoms with Gasteiger partial charge in [0.25, 0.3) is 0 Å². The van der Waals surface area contributed by atoms with E-state index < -0.39 is 0 Å². The van der Waals surface area contributed by atoms with Crippen molar-refractivity contribution < 1.29 is 0 Å². The Hall–Kier alpha value is -0.830. The molecular formula is C11H18ClN3. The van der Waals surface area contributed by atoms with E-state index in [2.05, 4.69) is 28.9 Å². The number of hydrogen-bond acceptors (Lipinski definition) is 3. The molecule has 0 fully saturated rings. The lowest BCUT2D eigenvalue weighted by molar-refractivity contribution is 0.716. The molecule has 0 aliphatic carbocycles. The van der Waals surface area contributed by atoms with Crippen LogP contribution in [0.4, 0.5) is 5.82 Å². The molecule has 0 saturated heterocycles. The van der Waals surface area contributed by atoms with Crippen molar-refractivity contribution in [2.24, 2.45) is 0 Å². The van der Waals surface area contributed by atoms with Gasteiger partial charge in [0, 0.05) is 13.1 Å². The summed E-state index contributed by atoms with van der Waals surface area (Å²) in [6, 6.07) is 3.92. The Labute approximate surface area is 96.5 Å². The molecule has 1 heterocycles. The predicted molar refractivity (Wildman–Crippen MR) is 64.4 cm³/mol.